The Morgan fingerprint density at radius 3 is 2.79 bits per heavy atom. The molecule has 6 heteroatoms. The fourth-order valence-corrected chi connectivity index (χ4v) is 2.41. The van der Waals surface area contributed by atoms with Crippen LogP contribution in [0.1, 0.15) is 6.92 Å². The first-order chi connectivity index (χ1) is 9.11. The van der Waals surface area contributed by atoms with Crippen molar-refractivity contribution in [1.82, 2.24) is 19.3 Å². The molecule has 0 bridgehead atoms. The minimum Gasteiger partial charge on any atom is -0.383 e. The van der Waals surface area contributed by atoms with E-state index in [1.807, 2.05) is 25.2 Å². The molecule has 2 heterocycles. The van der Waals surface area contributed by atoms with Gasteiger partial charge in [-0.1, -0.05) is 11.6 Å². The molecule has 98 valence electrons. The number of anilines is 1. The smallest absolute Gasteiger partial charge is 0.146 e. The Kier molecular flexibility index (Phi) is 2.71. The number of aryl methyl sites for hydroxylation is 2. The molecular formula is C13H14ClN5. The quantitative estimate of drug-likeness (QED) is 0.782. The Morgan fingerprint density at radius 2 is 2.16 bits per heavy atom. The normalized spacial score (nSPS) is 11.3. The van der Waals surface area contributed by atoms with Crippen molar-refractivity contribution >= 4 is 28.5 Å². The molecule has 0 unspecified atom stereocenters. The van der Waals surface area contributed by atoms with E-state index >= 15 is 0 Å². The van der Waals surface area contributed by atoms with Crippen LogP contribution in [0.5, 0.6) is 0 Å². The molecule has 0 radical (unpaired) electrons. The van der Waals surface area contributed by atoms with E-state index in [-0.39, 0.29) is 0 Å². The number of hydrogen-bond acceptors (Lipinski definition) is 3. The highest BCUT2D eigenvalue weighted by Gasteiger charge is 2.16. The summed E-state index contributed by atoms with van der Waals surface area (Å²) in [5.41, 5.74) is 8.79. The molecule has 3 aromatic rings. The van der Waals surface area contributed by atoms with Crippen LogP contribution in [0.3, 0.4) is 0 Å². The number of nitrogens with two attached hydrogens (primary N) is 1. The molecule has 3 rings (SSSR count). The van der Waals surface area contributed by atoms with Crippen molar-refractivity contribution in [1.29, 1.82) is 0 Å². The molecule has 0 fully saturated rings. The first-order valence-electron chi connectivity index (χ1n) is 6.05. The number of nitrogen functional groups attached to an aromatic ring is 1. The van der Waals surface area contributed by atoms with Gasteiger partial charge in [0.15, 0.2) is 0 Å². The Hall–Kier alpha value is -2.01. The summed E-state index contributed by atoms with van der Waals surface area (Å²) in [4.78, 5) is 4.64. The zero-order valence-electron chi connectivity index (χ0n) is 10.8. The summed E-state index contributed by atoms with van der Waals surface area (Å²) in [5, 5.41) is 4.87. The predicted molar refractivity (Wildman–Crippen MR) is 77.0 cm³/mol. The second-order valence-corrected chi connectivity index (χ2v) is 4.82. The summed E-state index contributed by atoms with van der Waals surface area (Å²) < 4.78 is 3.73. The van der Waals surface area contributed by atoms with E-state index in [2.05, 4.69) is 21.6 Å². The fourth-order valence-electron chi connectivity index (χ4n) is 2.24. The number of nitrogens with zero attached hydrogens (tertiary/aromatic N) is 4. The van der Waals surface area contributed by atoms with Crippen LogP contribution >= 0.6 is 11.6 Å². The number of rotatable bonds is 2. The monoisotopic (exact) mass is 275 g/mol. The van der Waals surface area contributed by atoms with Gasteiger partial charge in [-0.15, -0.1) is 0 Å². The molecule has 0 atom stereocenters. The predicted octanol–water partition coefficient (Wildman–Crippen LogP) is 2.69. The molecule has 2 N–H and O–H groups in total. The van der Waals surface area contributed by atoms with Crippen molar-refractivity contribution in [2.24, 2.45) is 7.05 Å². The zero-order valence-corrected chi connectivity index (χ0v) is 11.5. The van der Waals surface area contributed by atoms with Crippen LogP contribution in [-0.4, -0.2) is 19.3 Å². The van der Waals surface area contributed by atoms with E-state index in [1.165, 1.54) is 0 Å². The largest absolute Gasteiger partial charge is 0.383 e. The van der Waals surface area contributed by atoms with E-state index in [9.17, 15) is 0 Å². The topological polar surface area (TPSA) is 61.7 Å². The molecule has 0 aliphatic carbocycles. The molecule has 0 spiro atoms. The van der Waals surface area contributed by atoms with Gasteiger partial charge in [0.05, 0.1) is 22.8 Å². The average Bonchev–Trinajstić information content (AvgIpc) is 2.90. The molecule has 0 aliphatic heterocycles. The molecule has 1 aromatic carbocycles. The summed E-state index contributed by atoms with van der Waals surface area (Å²) in [7, 11) is 1.81. The van der Waals surface area contributed by atoms with Crippen LogP contribution in [0, 0.1) is 0 Å². The third-order valence-electron chi connectivity index (χ3n) is 3.25. The molecule has 19 heavy (non-hydrogen) atoms. The standard InChI is InChI=1S/C13H14ClN5/c1-3-19-11-6-8(14)4-5-10(11)17-13(19)9-7-16-18(2)12(9)15/h4-7H,3,15H2,1-2H3. The van der Waals surface area contributed by atoms with Gasteiger partial charge in [0.2, 0.25) is 0 Å². The number of benzene rings is 1. The first-order valence-corrected chi connectivity index (χ1v) is 6.43. The van der Waals surface area contributed by atoms with Crippen LogP contribution in [0.15, 0.2) is 24.4 Å². The van der Waals surface area contributed by atoms with Crippen molar-refractivity contribution in [3.05, 3.63) is 29.4 Å². The number of fused-ring (bicyclic) bond motifs is 1. The van der Waals surface area contributed by atoms with Gasteiger partial charge in [0.1, 0.15) is 11.6 Å². The Labute approximate surface area is 115 Å². The van der Waals surface area contributed by atoms with E-state index in [0.717, 1.165) is 29.0 Å². The van der Waals surface area contributed by atoms with Gasteiger partial charge in [-0.3, -0.25) is 4.68 Å². The first kappa shape index (κ1) is 12.0. The lowest BCUT2D eigenvalue weighted by Crippen LogP contribution is -2.01. The molecule has 5 nitrogen and oxygen atoms in total. The third kappa shape index (κ3) is 1.77. The van der Waals surface area contributed by atoms with E-state index in [1.54, 1.807) is 10.9 Å². The fraction of sp³-hybridized carbons (Fsp3) is 0.231. The Balaban J connectivity index is 2.32. The average molecular weight is 276 g/mol. The van der Waals surface area contributed by atoms with E-state index in [4.69, 9.17) is 17.3 Å². The van der Waals surface area contributed by atoms with Crippen molar-refractivity contribution in [3.8, 4) is 11.4 Å². The molecule has 0 saturated carbocycles. The maximum atomic E-state index is 6.06. The molecular weight excluding hydrogens is 262 g/mol. The van der Waals surface area contributed by atoms with Crippen LogP contribution in [0.4, 0.5) is 5.82 Å². The molecule has 2 aromatic heterocycles. The second-order valence-electron chi connectivity index (χ2n) is 4.38. The van der Waals surface area contributed by atoms with Crippen molar-refractivity contribution in [2.75, 3.05) is 5.73 Å². The van der Waals surface area contributed by atoms with Gasteiger partial charge in [-0.05, 0) is 25.1 Å². The van der Waals surface area contributed by atoms with Crippen molar-refractivity contribution in [2.45, 2.75) is 13.5 Å². The van der Waals surface area contributed by atoms with Crippen LogP contribution in [0.25, 0.3) is 22.4 Å². The summed E-state index contributed by atoms with van der Waals surface area (Å²) >= 11 is 6.06. The summed E-state index contributed by atoms with van der Waals surface area (Å²) in [6, 6.07) is 5.68. The maximum Gasteiger partial charge on any atom is 0.146 e. The number of halogens is 1. The van der Waals surface area contributed by atoms with Crippen LogP contribution in [-0.2, 0) is 13.6 Å². The van der Waals surface area contributed by atoms with Gasteiger partial charge in [0.25, 0.3) is 0 Å². The number of hydrogen-bond donors (Lipinski definition) is 1. The highest BCUT2D eigenvalue weighted by Crippen LogP contribution is 2.29. The van der Waals surface area contributed by atoms with Crippen molar-refractivity contribution < 1.29 is 0 Å². The van der Waals surface area contributed by atoms with E-state index < -0.39 is 0 Å². The van der Waals surface area contributed by atoms with Gasteiger partial charge >= 0.3 is 0 Å². The minimum absolute atomic E-state index is 0.608. The Bertz CT molecular complexity index is 756. The van der Waals surface area contributed by atoms with Gasteiger partial charge in [0, 0.05) is 18.6 Å². The van der Waals surface area contributed by atoms with Gasteiger partial charge in [-0.2, -0.15) is 5.10 Å². The van der Waals surface area contributed by atoms with Crippen LogP contribution in [0.2, 0.25) is 5.02 Å². The van der Waals surface area contributed by atoms with E-state index in [0.29, 0.717) is 10.8 Å². The van der Waals surface area contributed by atoms with Gasteiger partial charge in [-0.25, -0.2) is 4.98 Å². The Morgan fingerprint density at radius 1 is 1.37 bits per heavy atom. The lowest BCUT2D eigenvalue weighted by molar-refractivity contribution is 0.778. The minimum atomic E-state index is 0.608. The zero-order chi connectivity index (χ0) is 13.6. The highest BCUT2D eigenvalue weighted by molar-refractivity contribution is 6.31. The summed E-state index contributed by atoms with van der Waals surface area (Å²) in [6.45, 7) is 2.86. The highest BCUT2D eigenvalue weighted by atomic mass is 35.5. The summed E-state index contributed by atoms with van der Waals surface area (Å²) in [5.74, 6) is 1.43. The SMILES string of the molecule is CCn1c(-c2cnn(C)c2N)nc2ccc(Cl)cc21. The maximum absolute atomic E-state index is 6.06. The number of aromatic nitrogens is 4. The van der Waals surface area contributed by atoms with Crippen molar-refractivity contribution in [3.63, 3.8) is 0 Å². The molecule has 0 saturated heterocycles. The second kappa shape index (κ2) is 4.28. The molecule has 0 aliphatic rings. The summed E-state index contributed by atoms with van der Waals surface area (Å²) in [6.07, 6.45) is 1.74. The lowest BCUT2D eigenvalue weighted by atomic mass is 10.3. The van der Waals surface area contributed by atoms with Gasteiger partial charge < -0.3 is 10.3 Å². The lowest BCUT2D eigenvalue weighted by Gasteiger charge is -2.05. The molecule has 0 amide bonds. The number of imidazole rings is 1. The van der Waals surface area contributed by atoms with Crippen LogP contribution < -0.4 is 5.73 Å². The third-order valence-corrected chi connectivity index (χ3v) is 3.49.